The molecule has 0 aliphatic carbocycles. The summed E-state index contributed by atoms with van der Waals surface area (Å²) in [4.78, 5) is 12.1. The molecule has 0 bridgehead atoms. The summed E-state index contributed by atoms with van der Waals surface area (Å²) < 4.78 is 5.23. The molecule has 0 heterocycles. The Balaban J connectivity index is 2.92. The van der Waals surface area contributed by atoms with Crippen LogP contribution in [0.2, 0.25) is 0 Å². The van der Waals surface area contributed by atoms with Crippen molar-refractivity contribution in [3.8, 4) is 17.6 Å². The molecule has 1 aromatic rings. The van der Waals surface area contributed by atoms with E-state index >= 15 is 0 Å². The van der Waals surface area contributed by atoms with Crippen LogP contribution in [0.25, 0.3) is 0 Å². The largest absolute Gasteiger partial charge is 0.495 e. The fourth-order valence-corrected chi connectivity index (χ4v) is 1.61. The van der Waals surface area contributed by atoms with Gasteiger partial charge in [-0.1, -0.05) is 32.6 Å². The average Bonchev–Trinajstić information content (AvgIpc) is 2.44. The van der Waals surface area contributed by atoms with Crippen molar-refractivity contribution in [1.29, 1.82) is 0 Å². The van der Waals surface area contributed by atoms with Gasteiger partial charge in [0.25, 0.3) is 5.91 Å². The van der Waals surface area contributed by atoms with E-state index in [0.717, 1.165) is 0 Å². The van der Waals surface area contributed by atoms with Gasteiger partial charge in [-0.05, 0) is 23.6 Å². The Morgan fingerprint density at radius 2 is 2.10 bits per heavy atom. The third-order valence-corrected chi connectivity index (χ3v) is 2.70. The zero-order chi connectivity index (χ0) is 15.9. The lowest BCUT2D eigenvalue weighted by molar-refractivity contribution is 0.0939. The minimum Gasteiger partial charge on any atom is -0.495 e. The van der Waals surface area contributed by atoms with Crippen LogP contribution in [-0.4, -0.2) is 31.3 Å². The summed E-state index contributed by atoms with van der Waals surface area (Å²) in [6.45, 7) is 6.80. The van der Waals surface area contributed by atoms with E-state index in [1.807, 2.05) is 0 Å². The van der Waals surface area contributed by atoms with Crippen molar-refractivity contribution in [2.75, 3.05) is 20.3 Å². The molecule has 4 heteroatoms. The molecule has 1 rings (SSSR count). The highest BCUT2D eigenvalue weighted by molar-refractivity contribution is 5.94. The van der Waals surface area contributed by atoms with Crippen LogP contribution < -0.4 is 10.1 Å². The van der Waals surface area contributed by atoms with Gasteiger partial charge < -0.3 is 15.2 Å². The first-order chi connectivity index (χ1) is 9.87. The molecule has 0 saturated carbocycles. The van der Waals surface area contributed by atoms with Crippen LogP contribution >= 0.6 is 0 Å². The summed E-state index contributed by atoms with van der Waals surface area (Å²) in [5.41, 5.74) is 1.23. The molecule has 2 N–H and O–H groups in total. The summed E-state index contributed by atoms with van der Waals surface area (Å²) >= 11 is 0. The van der Waals surface area contributed by atoms with Crippen LogP contribution in [0.15, 0.2) is 18.2 Å². The normalized spacial score (nSPS) is 10.5. The van der Waals surface area contributed by atoms with Crippen molar-refractivity contribution in [3.63, 3.8) is 0 Å². The Bertz CT molecular complexity index is 547. The maximum absolute atomic E-state index is 12.1. The quantitative estimate of drug-likeness (QED) is 0.836. The number of hydrogen-bond acceptors (Lipinski definition) is 3. The second-order valence-electron chi connectivity index (χ2n) is 5.93. The number of amides is 1. The number of nitrogens with one attached hydrogen (secondary N) is 1. The molecule has 114 valence electrons. The van der Waals surface area contributed by atoms with E-state index in [4.69, 9.17) is 9.84 Å². The maximum atomic E-state index is 12.1. The molecule has 4 nitrogen and oxygen atoms in total. The van der Waals surface area contributed by atoms with Gasteiger partial charge in [-0.25, -0.2) is 0 Å². The fraction of sp³-hybridized carbons (Fsp3) is 0.471. The van der Waals surface area contributed by atoms with Gasteiger partial charge in [0, 0.05) is 18.5 Å². The zero-order valence-corrected chi connectivity index (χ0v) is 13.1. The topological polar surface area (TPSA) is 58.6 Å². The number of aliphatic hydroxyl groups excluding tert-OH is 1. The minimum absolute atomic E-state index is 0.0150. The van der Waals surface area contributed by atoms with Gasteiger partial charge in [0.05, 0.1) is 19.3 Å². The summed E-state index contributed by atoms with van der Waals surface area (Å²) in [6.07, 6.45) is 0.392. The van der Waals surface area contributed by atoms with Crippen LogP contribution in [0.4, 0.5) is 0 Å². The Hall–Kier alpha value is -1.99. The molecule has 0 aromatic heterocycles. The Kier molecular flexibility index (Phi) is 6.26. The standard InChI is InChI=1S/C17H23NO3/c1-17(2,3)12-18-16(20)14-8-9-15(21-4)13(11-14)7-5-6-10-19/h8-9,11,19H,6,10,12H2,1-4H3,(H,18,20). The molecule has 0 spiro atoms. The number of methoxy groups -OCH3 is 1. The highest BCUT2D eigenvalue weighted by atomic mass is 16.5. The molecule has 0 fully saturated rings. The summed E-state index contributed by atoms with van der Waals surface area (Å²) in [7, 11) is 1.56. The number of benzene rings is 1. The van der Waals surface area contributed by atoms with Gasteiger partial charge in [0.1, 0.15) is 5.75 Å². The van der Waals surface area contributed by atoms with Gasteiger partial charge in [0.15, 0.2) is 0 Å². The molecule has 0 aliphatic heterocycles. The predicted octanol–water partition coefficient (Wildman–Crippen LogP) is 2.21. The lowest BCUT2D eigenvalue weighted by Crippen LogP contribution is -2.32. The fourth-order valence-electron chi connectivity index (χ4n) is 1.61. The highest BCUT2D eigenvalue weighted by Gasteiger charge is 2.14. The molecular formula is C17H23NO3. The van der Waals surface area contributed by atoms with E-state index < -0.39 is 0 Å². The minimum atomic E-state index is -0.127. The van der Waals surface area contributed by atoms with Crippen molar-refractivity contribution in [2.24, 2.45) is 5.41 Å². The van der Waals surface area contributed by atoms with Crippen LogP contribution in [0, 0.1) is 17.3 Å². The third-order valence-electron chi connectivity index (χ3n) is 2.70. The number of carbonyl (C=O) groups is 1. The van der Waals surface area contributed by atoms with E-state index in [9.17, 15) is 4.79 Å². The first-order valence-electron chi connectivity index (χ1n) is 6.93. The summed E-state index contributed by atoms with van der Waals surface area (Å²) in [5, 5.41) is 11.7. The average molecular weight is 289 g/mol. The number of rotatable bonds is 4. The van der Waals surface area contributed by atoms with Gasteiger partial charge in [0.2, 0.25) is 0 Å². The second-order valence-corrected chi connectivity index (χ2v) is 5.93. The Labute approximate surface area is 126 Å². The highest BCUT2D eigenvalue weighted by Crippen LogP contribution is 2.19. The SMILES string of the molecule is COc1ccc(C(=O)NCC(C)(C)C)cc1C#CCCO. The lowest BCUT2D eigenvalue weighted by Gasteiger charge is -2.18. The van der Waals surface area contributed by atoms with E-state index in [1.165, 1.54) is 0 Å². The van der Waals surface area contributed by atoms with E-state index in [1.54, 1.807) is 25.3 Å². The van der Waals surface area contributed by atoms with Crippen LogP contribution in [0.3, 0.4) is 0 Å². The predicted molar refractivity (Wildman–Crippen MR) is 83.4 cm³/mol. The van der Waals surface area contributed by atoms with Crippen LogP contribution in [0.1, 0.15) is 43.1 Å². The molecule has 21 heavy (non-hydrogen) atoms. The second kappa shape index (κ2) is 7.70. The van der Waals surface area contributed by atoms with Crippen molar-refractivity contribution in [3.05, 3.63) is 29.3 Å². The van der Waals surface area contributed by atoms with Crippen molar-refractivity contribution in [1.82, 2.24) is 5.32 Å². The Morgan fingerprint density at radius 3 is 2.67 bits per heavy atom. The van der Waals surface area contributed by atoms with E-state index in [2.05, 4.69) is 37.9 Å². The van der Waals surface area contributed by atoms with E-state index in [0.29, 0.717) is 29.8 Å². The number of aliphatic hydroxyl groups is 1. The van der Waals surface area contributed by atoms with Gasteiger partial charge in [-0.2, -0.15) is 0 Å². The lowest BCUT2D eigenvalue weighted by atomic mass is 9.97. The van der Waals surface area contributed by atoms with Gasteiger partial charge >= 0.3 is 0 Å². The molecule has 1 amide bonds. The molecule has 0 saturated heterocycles. The number of hydrogen-bond donors (Lipinski definition) is 2. The van der Waals surface area contributed by atoms with Gasteiger partial charge in [-0.15, -0.1) is 0 Å². The maximum Gasteiger partial charge on any atom is 0.251 e. The van der Waals surface area contributed by atoms with E-state index in [-0.39, 0.29) is 17.9 Å². The van der Waals surface area contributed by atoms with Gasteiger partial charge in [-0.3, -0.25) is 4.79 Å². The number of carbonyl (C=O) groups excluding carboxylic acids is 1. The van der Waals surface area contributed by atoms with Crippen LogP contribution in [0.5, 0.6) is 5.75 Å². The Morgan fingerprint density at radius 1 is 1.38 bits per heavy atom. The van der Waals surface area contributed by atoms with Crippen LogP contribution in [-0.2, 0) is 0 Å². The molecule has 0 radical (unpaired) electrons. The zero-order valence-electron chi connectivity index (χ0n) is 13.1. The third kappa shape index (κ3) is 5.88. The number of ether oxygens (including phenoxy) is 1. The summed E-state index contributed by atoms with van der Waals surface area (Å²) in [6, 6.07) is 5.16. The molecule has 0 aliphatic rings. The molecule has 1 aromatic carbocycles. The van der Waals surface area contributed by atoms with Crippen molar-refractivity contribution < 1.29 is 14.6 Å². The van der Waals surface area contributed by atoms with Crippen molar-refractivity contribution in [2.45, 2.75) is 27.2 Å². The smallest absolute Gasteiger partial charge is 0.251 e. The summed E-state index contributed by atoms with van der Waals surface area (Å²) in [5.74, 6) is 6.25. The monoisotopic (exact) mass is 289 g/mol. The molecular weight excluding hydrogens is 266 g/mol. The molecule has 0 unspecified atom stereocenters. The van der Waals surface area contributed by atoms with Crippen molar-refractivity contribution >= 4 is 5.91 Å². The first kappa shape index (κ1) is 17.1. The molecule has 0 atom stereocenters. The first-order valence-corrected chi connectivity index (χ1v) is 6.93.